The summed E-state index contributed by atoms with van der Waals surface area (Å²) in [6, 6.07) is 2.13. The number of esters is 1. The lowest BCUT2D eigenvalue weighted by Gasteiger charge is -2.12. The minimum Gasteiger partial charge on any atom is -0.465 e. The second kappa shape index (κ2) is 7.05. The number of ether oxygens (including phenoxy) is 3. The molecule has 1 heterocycles. The zero-order valence-electron chi connectivity index (χ0n) is 12.0. The summed E-state index contributed by atoms with van der Waals surface area (Å²) in [5.74, 6) is -7.57. The van der Waals surface area contributed by atoms with E-state index in [-0.39, 0.29) is 10.7 Å². The molecule has 1 aromatic heterocycles. The number of hydrogen-bond donors (Lipinski definition) is 0. The Morgan fingerprint density at radius 2 is 1.72 bits per heavy atom. The van der Waals surface area contributed by atoms with Gasteiger partial charge in [0.25, 0.3) is 5.88 Å². The smallest absolute Gasteiger partial charge is 0.465 e. The van der Waals surface area contributed by atoms with Gasteiger partial charge in [-0.25, -0.2) is 4.79 Å². The van der Waals surface area contributed by atoms with Crippen LogP contribution in [0.2, 0.25) is 5.15 Å². The summed E-state index contributed by atoms with van der Waals surface area (Å²) in [4.78, 5) is 11.6. The number of methoxy groups -OCH3 is 1. The van der Waals surface area contributed by atoms with Gasteiger partial charge in [-0.2, -0.15) is 8.78 Å². The molecular weight excluding hydrogens is 379 g/mol. The van der Waals surface area contributed by atoms with Crippen LogP contribution in [0.1, 0.15) is 10.4 Å². The number of nitrogens with zero attached hydrogens (tertiary/aromatic N) is 2. The SMILES string of the molecule is COC(=O)c1cc(Cl)nnc1Oc1ccc(OC(F)(F)F)c(F)c1F. The van der Waals surface area contributed by atoms with E-state index in [0.29, 0.717) is 12.1 Å². The van der Waals surface area contributed by atoms with Gasteiger partial charge in [-0.3, -0.25) is 0 Å². The number of rotatable bonds is 4. The van der Waals surface area contributed by atoms with Crippen molar-refractivity contribution in [3.05, 3.63) is 40.6 Å². The van der Waals surface area contributed by atoms with E-state index in [1.165, 1.54) is 0 Å². The summed E-state index contributed by atoms with van der Waals surface area (Å²) in [5.41, 5.74) is -0.363. The number of carbonyl (C=O) groups excluding carboxylic acids is 1. The molecule has 12 heteroatoms. The molecule has 2 rings (SSSR count). The van der Waals surface area contributed by atoms with Gasteiger partial charge in [0.1, 0.15) is 5.56 Å². The molecule has 0 atom stereocenters. The first-order valence-corrected chi connectivity index (χ1v) is 6.53. The van der Waals surface area contributed by atoms with Gasteiger partial charge in [0.15, 0.2) is 16.7 Å². The summed E-state index contributed by atoms with van der Waals surface area (Å²) in [6.07, 6.45) is -5.21. The van der Waals surface area contributed by atoms with E-state index in [0.717, 1.165) is 13.2 Å². The van der Waals surface area contributed by atoms with E-state index in [1.807, 2.05) is 0 Å². The Kier molecular flexibility index (Phi) is 5.26. The lowest BCUT2D eigenvalue weighted by atomic mass is 10.2. The predicted molar refractivity (Wildman–Crippen MR) is 71.5 cm³/mol. The van der Waals surface area contributed by atoms with E-state index in [2.05, 4.69) is 19.7 Å². The minimum atomic E-state index is -5.21. The Labute approximate surface area is 141 Å². The van der Waals surface area contributed by atoms with Gasteiger partial charge in [-0.05, 0) is 18.2 Å². The summed E-state index contributed by atoms with van der Waals surface area (Å²) in [7, 11) is 1.03. The third-order valence-electron chi connectivity index (χ3n) is 2.58. The highest BCUT2D eigenvalue weighted by Gasteiger charge is 2.33. The second-order valence-corrected chi connectivity index (χ2v) is 4.60. The van der Waals surface area contributed by atoms with E-state index in [1.54, 1.807) is 0 Å². The molecule has 0 unspecified atom stereocenters. The van der Waals surface area contributed by atoms with Gasteiger partial charge in [0.05, 0.1) is 7.11 Å². The van der Waals surface area contributed by atoms with Crippen molar-refractivity contribution in [2.45, 2.75) is 6.36 Å². The van der Waals surface area contributed by atoms with Crippen molar-refractivity contribution >= 4 is 17.6 Å². The lowest BCUT2D eigenvalue weighted by molar-refractivity contribution is -0.275. The van der Waals surface area contributed by atoms with Crippen molar-refractivity contribution in [2.75, 3.05) is 7.11 Å². The van der Waals surface area contributed by atoms with E-state index < -0.39 is 41.3 Å². The van der Waals surface area contributed by atoms with Gasteiger partial charge in [-0.15, -0.1) is 23.4 Å². The van der Waals surface area contributed by atoms with Crippen LogP contribution in [0.3, 0.4) is 0 Å². The first-order valence-electron chi connectivity index (χ1n) is 6.15. The van der Waals surface area contributed by atoms with Crippen molar-refractivity contribution in [2.24, 2.45) is 0 Å². The molecule has 25 heavy (non-hydrogen) atoms. The zero-order valence-corrected chi connectivity index (χ0v) is 12.8. The Morgan fingerprint density at radius 1 is 1.12 bits per heavy atom. The number of carbonyl (C=O) groups is 1. The number of aromatic nitrogens is 2. The quantitative estimate of drug-likeness (QED) is 0.588. The fraction of sp³-hybridized carbons (Fsp3) is 0.154. The largest absolute Gasteiger partial charge is 0.573 e. The van der Waals surface area contributed by atoms with Crippen LogP contribution in [0.4, 0.5) is 22.0 Å². The van der Waals surface area contributed by atoms with Crippen molar-refractivity contribution in [3.63, 3.8) is 0 Å². The molecule has 0 spiro atoms. The molecule has 6 nitrogen and oxygen atoms in total. The van der Waals surface area contributed by atoms with Crippen molar-refractivity contribution in [1.29, 1.82) is 0 Å². The zero-order chi connectivity index (χ0) is 18.8. The molecule has 0 radical (unpaired) electrons. The fourth-order valence-electron chi connectivity index (χ4n) is 1.59. The molecular formula is C13H6ClF5N2O4. The second-order valence-electron chi connectivity index (χ2n) is 4.22. The van der Waals surface area contributed by atoms with Gasteiger partial charge in [-0.1, -0.05) is 11.6 Å². The molecule has 0 saturated heterocycles. The van der Waals surface area contributed by atoms with Crippen LogP contribution >= 0.6 is 11.6 Å². The third kappa shape index (κ3) is 4.44. The maximum atomic E-state index is 13.9. The fourth-order valence-corrected chi connectivity index (χ4v) is 1.74. The normalized spacial score (nSPS) is 11.2. The van der Waals surface area contributed by atoms with Crippen LogP contribution in [0.25, 0.3) is 0 Å². The van der Waals surface area contributed by atoms with Crippen LogP contribution in [-0.4, -0.2) is 29.6 Å². The topological polar surface area (TPSA) is 70.5 Å². The first-order chi connectivity index (χ1) is 11.6. The Morgan fingerprint density at radius 3 is 2.32 bits per heavy atom. The highest BCUT2D eigenvalue weighted by Crippen LogP contribution is 2.34. The van der Waals surface area contributed by atoms with Gasteiger partial charge in [0, 0.05) is 0 Å². The van der Waals surface area contributed by atoms with Gasteiger partial charge < -0.3 is 14.2 Å². The number of alkyl halides is 3. The number of benzene rings is 1. The highest BCUT2D eigenvalue weighted by atomic mass is 35.5. The molecule has 2 aromatic rings. The first kappa shape index (κ1) is 18.6. The predicted octanol–water partition coefficient (Wildman–Crippen LogP) is 3.89. The molecule has 0 aliphatic rings. The van der Waals surface area contributed by atoms with Crippen LogP contribution in [0.15, 0.2) is 18.2 Å². The molecule has 0 bridgehead atoms. The molecule has 0 aliphatic carbocycles. The molecule has 0 amide bonds. The van der Waals surface area contributed by atoms with Crippen LogP contribution in [-0.2, 0) is 4.74 Å². The maximum absolute atomic E-state index is 13.9. The monoisotopic (exact) mass is 384 g/mol. The van der Waals surface area contributed by atoms with Gasteiger partial charge in [0.2, 0.25) is 11.6 Å². The highest BCUT2D eigenvalue weighted by molar-refractivity contribution is 6.29. The van der Waals surface area contributed by atoms with Crippen LogP contribution in [0, 0.1) is 11.6 Å². The number of halogens is 6. The Bertz CT molecular complexity index is 816. The summed E-state index contributed by atoms with van der Waals surface area (Å²) in [5, 5.41) is 6.54. The van der Waals surface area contributed by atoms with E-state index >= 15 is 0 Å². The van der Waals surface area contributed by atoms with Crippen LogP contribution < -0.4 is 9.47 Å². The lowest BCUT2D eigenvalue weighted by Crippen LogP contribution is -2.18. The molecule has 134 valence electrons. The number of hydrogen-bond acceptors (Lipinski definition) is 6. The summed E-state index contributed by atoms with van der Waals surface area (Å²) < 4.78 is 76.5. The molecule has 1 aromatic carbocycles. The Balaban J connectivity index is 2.39. The maximum Gasteiger partial charge on any atom is 0.573 e. The molecule has 0 aliphatic heterocycles. The summed E-state index contributed by atoms with van der Waals surface area (Å²) >= 11 is 5.57. The molecule has 0 fully saturated rings. The van der Waals surface area contributed by atoms with E-state index in [4.69, 9.17) is 16.3 Å². The van der Waals surface area contributed by atoms with Crippen molar-refractivity contribution < 1.29 is 41.0 Å². The standard InChI is InChI=1S/C13H6ClF5N2O4/c1-23-12(22)5-4-8(14)20-21-11(5)24-6-2-3-7(10(16)9(6)15)25-13(17,18)19/h2-4H,1H3. The molecule has 0 saturated carbocycles. The van der Waals surface area contributed by atoms with E-state index in [9.17, 15) is 26.7 Å². The third-order valence-corrected chi connectivity index (χ3v) is 2.76. The van der Waals surface area contributed by atoms with Crippen molar-refractivity contribution in [1.82, 2.24) is 10.2 Å². The van der Waals surface area contributed by atoms with Gasteiger partial charge >= 0.3 is 12.3 Å². The minimum absolute atomic E-state index is 0.215. The van der Waals surface area contributed by atoms with Crippen LogP contribution in [0.5, 0.6) is 17.4 Å². The van der Waals surface area contributed by atoms with Crippen molar-refractivity contribution in [3.8, 4) is 17.4 Å². The molecule has 0 N–H and O–H groups in total. The average Bonchev–Trinajstić information content (AvgIpc) is 2.54. The Hall–Kier alpha value is -2.69. The average molecular weight is 385 g/mol. The summed E-state index contributed by atoms with van der Waals surface area (Å²) in [6.45, 7) is 0.